The van der Waals surface area contributed by atoms with Crippen LogP contribution in [-0.4, -0.2) is 42.9 Å². The molecule has 0 fully saturated rings. The molecule has 0 saturated heterocycles. The van der Waals surface area contributed by atoms with E-state index in [0.717, 1.165) is 30.8 Å². The van der Waals surface area contributed by atoms with E-state index in [1.54, 1.807) is 31.4 Å². The summed E-state index contributed by atoms with van der Waals surface area (Å²) in [6.45, 7) is 6.84. The first-order valence-electron chi connectivity index (χ1n) is 9.38. The van der Waals surface area contributed by atoms with Crippen molar-refractivity contribution in [2.75, 3.05) is 26.8 Å². The monoisotopic (exact) mass is 391 g/mol. The lowest BCUT2D eigenvalue weighted by Gasteiger charge is -2.26. The second kappa shape index (κ2) is 11.2. The fourth-order valence-corrected chi connectivity index (χ4v) is 2.95. The minimum absolute atomic E-state index is 0.242. The highest BCUT2D eigenvalue weighted by molar-refractivity contribution is 6.30. The van der Waals surface area contributed by atoms with Crippen molar-refractivity contribution >= 4 is 11.6 Å². The van der Waals surface area contributed by atoms with Gasteiger partial charge in [0.05, 0.1) is 7.11 Å². The highest BCUT2D eigenvalue weighted by Crippen LogP contribution is 2.20. The van der Waals surface area contributed by atoms with Crippen LogP contribution in [-0.2, 0) is 6.54 Å². The zero-order valence-electron chi connectivity index (χ0n) is 16.4. The number of halogens is 1. The first kappa shape index (κ1) is 21.5. The molecule has 1 atom stereocenters. The van der Waals surface area contributed by atoms with E-state index in [2.05, 4.69) is 24.8 Å². The lowest BCUT2D eigenvalue weighted by molar-refractivity contribution is 0.0637. The third-order valence-corrected chi connectivity index (χ3v) is 4.59. The lowest BCUT2D eigenvalue weighted by atomic mass is 10.1. The van der Waals surface area contributed by atoms with Gasteiger partial charge >= 0.3 is 0 Å². The topological polar surface area (TPSA) is 41.9 Å². The van der Waals surface area contributed by atoms with Crippen LogP contribution >= 0.6 is 11.6 Å². The SMILES string of the molecule is COc1ccccc1CN(CCC(C)C)C[C@@H](O)COc1ccc(Cl)cc1. The fourth-order valence-electron chi connectivity index (χ4n) is 2.82. The molecule has 2 aromatic rings. The Labute approximate surface area is 167 Å². The van der Waals surface area contributed by atoms with Crippen LogP contribution in [0.25, 0.3) is 0 Å². The van der Waals surface area contributed by atoms with E-state index in [9.17, 15) is 5.11 Å². The highest BCUT2D eigenvalue weighted by atomic mass is 35.5. The molecule has 4 nitrogen and oxygen atoms in total. The van der Waals surface area contributed by atoms with E-state index >= 15 is 0 Å². The number of aliphatic hydroxyl groups is 1. The van der Waals surface area contributed by atoms with Crippen LogP contribution in [0.3, 0.4) is 0 Å². The molecule has 0 aliphatic heterocycles. The summed E-state index contributed by atoms with van der Waals surface area (Å²) >= 11 is 5.88. The van der Waals surface area contributed by atoms with Gasteiger partial charge in [0, 0.05) is 23.7 Å². The molecule has 0 unspecified atom stereocenters. The summed E-state index contributed by atoms with van der Waals surface area (Å²) in [5.41, 5.74) is 1.12. The van der Waals surface area contributed by atoms with Crippen LogP contribution < -0.4 is 9.47 Å². The van der Waals surface area contributed by atoms with Crippen molar-refractivity contribution in [1.29, 1.82) is 0 Å². The van der Waals surface area contributed by atoms with Crippen molar-refractivity contribution in [3.63, 3.8) is 0 Å². The molecule has 0 aliphatic rings. The molecule has 2 aromatic carbocycles. The van der Waals surface area contributed by atoms with Gasteiger partial charge < -0.3 is 14.6 Å². The minimum Gasteiger partial charge on any atom is -0.496 e. The van der Waals surface area contributed by atoms with E-state index in [1.165, 1.54) is 0 Å². The number of rotatable bonds is 11. The predicted molar refractivity (Wildman–Crippen MR) is 111 cm³/mol. The van der Waals surface area contributed by atoms with E-state index in [0.29, 0.717) is 23.2 Å². The molecular formula is C22H30ClNO3. The first-order valence-corrected chi connectivity index (χ1v) is 9.76. The first-order chi connectivity index (χ1) is 13.0. The van der Waals surface area contributed by atoms with E-state index in [-0.39, 0.29) is 6.61 Å². The van der Waals surface area contributed by atoms with Crippen LogP contribution in [0, 0.1) is 5.92 Å². The molecule has 5 heteroatoms. The van der Waals surface area contributed by atoms with Gasteiger partial charge in [-0.2, -0.15) is 0 Å². The number of aliphatic hydroxyl groups excluding tert-OH is 1. The molecule has 0 heterocycles. The maximum atomic E-state index is 10.5. The van der Waals surface area contributed by atoms with Gasteiger partial charge in [0.25, 0.3) is 0 Å². The molecule has 1 N–H and O–H groups in total. The molecule has 27 heavy (non-hydrogen) atoms. The van der Waals surface area contributed by atoms with Crippen molar-refractivity contribution in [2.24, 2.45) is 5.92 Å². The number of benzene rings is 2. The van der Waals surface area contributed by atoms with Gasteiger partial charge in [0.1, 0.15) is 24.2 Å². The molecule has 2 rings (SSSR count). The van der Waals surface area contributed by atoms with E-state index < -0.39 is 6.10 Å². The largest absolute Gasteiger partial charge is 0.496 e. The Kier molecular flexibility index (Phi) is 8.92. The number of methoxy groups -OCH3 is 1. The molecule has 0 radical (unpaired) electrons. The maximum Gasteiger partial charge on any atom is 0.123 e. The Hall–Kier alpha value is -1.75. The zero-order valence-corrected chi connectivity index (χ0v) is 17.2. The standard InChI is InChI=1S/C22H30ClNO3/c1-17(2)12-13-24(14-18-6-4-5-7-22(18)26-3)15-20(25)16-27-21-10-8-19(23)9-11-21/h4-11,17,20,25H,12-16H2,1-3H3/t20-/m1/s1. The summed E-state index contributed by atoms with van der Waals surface area (Å²) in [4.78, 5) is 2.26. The van der Waals surface area contributed by atoms with Crippen molar-refractivity contribution in [3.05, 3.63) is 59.1 Å². The van der Waals surface area contributed by atoms with Gasteiger partial charge in [-0.1, -0.05) is 43.6 Å². The average Bonchev–Trinajstić information content (AvgIpc) is 2.66. The number of nitrogens with zero attached hydrogens (tertiary/aromatic N) is 1. The summed E-state index contributed by atoms with van der Waals surface area (Å²) in [6, 6.07) is 15.2. The molecule has 0 aliphatic carbocycles. The summed E-state index contributed by atoms with van der Waals surface area (Å²) in [6.07, 6.45) is 0.488. The Balaban J connectivity index is 1.94. The van der Waals surface area contributed by atoms with Crippen molar-refractivity contribution in [3.8, 4) is 11.5 Å². The molecule has 0 saturated carbocycles. The van der Waals surface area contributed by atoms with Crippen molar-refractivity contribution in [1.82, 2.24) is 4.90 Å². The van der Waals surface area contributed by atoms with Gasteiger partial charge in [0.2, 0.25) is 0 Å². The van der Waals surface area contributed by atoms with Crippen LogP contribution in [0.1, 0.15) is 25.8 Å². The fraction of sp³-hybridized carbons (Fsp3) is 0.455. The highest BCUT2D eigenvalue weighted by Gasteiger charge is 2.15. The summed E-state index contributed by atoms with van der Waals surface area (Å²) in [5.74, 6) is 2.18. The quantitative estimate of drug-likeness (QED) is 0.606. The number of hydrogen-bond donors (Lipinski definition) is 1. The summed E-state index contributed by atoms with van der Waals surface area (Å²) in [5, 5.41) is 11.1. The zero-order chi connectivity index (χ0) is 19.6. The average molecular weight is 392 g/mol. The van der Waals surface area contributed by atoms with Crippen LogP contribution in [0.4, 0.5) is 0 Å². The number of hydrogen-bond acceptors (Lipinski definition) is 4. The third-order valence-electron chi connectivity index (χ3n) is 4.33. The summed E-state index contributed by atoms with van der Waals surface area (Å²) < 4.78 is 11.2. The van der Waals surface area contributed by atoms with Gasteiger partial charge in [-0.05, 0) is 49.2 Å². The smallest absolute Gasteiger partial charge is 0.123 e. The van der Waals surface area contributed by atoms with Gasteiger partial charge in [-0.3, -0.25) is 4.90 Å². The number of para-hydroxylation sites is 1. The summed E-state index contributed by atoms with van der Waals surface area (Å²) in [7, 11) is 1.69. The molecule has 0 aromatic heterocycles. The lowest BCUT2D eigenvalue weighted by Crippen LogP contribution is -2.36. The van der Waals surface area contributed by atoms with Gasteiger partial charge in [-0.15, -0.1) is 0 Å². The molecule has 0 bridgehead atoms. The van der Waals surface area contributed by atoms with Crippen molar-refractivity contribution < 1.29 is 14.6 Å². The van der Waals surface area contributed by atoms with Crippen LogP contribution in [0.2, 0.25) is 5.02 Å². The Morgan fingerprint density at radius 3 is 2.44 bits per heavy atom. The Morgan fingerprint density at radius 2 is 1.78 bits per heavy atom. The Bertz CT molecular complexity index is 676. The van der Waals surface area contributed by atoms with Crippen LogP contribution in [0.15, 0.2) is 48.5 Å². The molecular weight excluding hydrogens is 362 g/mol. The molecule has 148 valence electrons. The number of ether oxygens (including phenoxy) is 2. The van der Waals surface area contributed by atoms with E-state index in [4.69, 9.17) is 21.1 Å². The minimum atomic E-state index is -0.581. The predicted octanol–water partition coefficient (Wildman–Crippen LogP) is 4.64. The third kappa shape index (κ3) is 7.79. The second-order valence-corrected chi connectivity index (χ2v) is 7.58. The van der Waals surface area contributed by atoms with E-state index in [1.807, 2.05) is 18.2 Å². The van der Waals surface area contributed by atoms with Gasteiger partial charge in [0.15, 0.2) is 0 Å². The normalized spacial score (nSPS) is 12.4. The maximum absolute atomic E-state index is 10.5. The molecule has 0 amide bonds. The van der Waals surface area contributed by atoms with Crippen molar-refractivity contribution in [2.45, 2.75) is 32.9 Å². The second-order valence-electron chi connectivity index (χ2n) is 7.15. The van der Waals surface area contributed by atoms with Crippen LogP contribution in [0.5, 0.6) is 11.5 Å². The Morgan fingerprint density at radius 1 is 1.07 bits per heavy atom. The van der Waals surface area contributed by atoms with Gasteiger partial charge in [-0.25, -0.2) is 0 Å². The molecule has 0 spiro atoms.